The van der Waals surface area contributed by atoms with Gasteiger partial charge in [0.25, 0.3) is 0 Å². The zero-order valence-electron chi connectivity index (χ0n) is 32.2. The third-order valence-corrected chi connectivity index (χ3v) is 12.0. The first-order chi connectivity index (χ1) is 27.0. The van der Waals surface area contributed by atoms with Crippen LogP contribution in [0.15, 0.2) is 36.4 Å². The molecule has 3 amide bonds. The molecule has 11 nitrogen and oxygen atoms in total. The molecule has 2 saturated heterocycles. The van der Waals surface area contributed by atoms with Gasteiger partial charge in [0.2, 0.25) is 17.7 Å². The minimum Gasteiger partial charge on any atom is -0.352 e. The van der Waals surface area contributed by atoms with Crippen LogP contribution < -0.4 is 16.0 Å². The normalized spacial score (nSPS) is 23.0. The predicted octanol–water partition coefficient (Wildman–Crippen LogP) is 5.17. The first-order valence-electron chi connectivity index (χ1n) is 20.0. The number of carbonyl (C=O) groups excluding carboxylic acids is 3. The fraction of sp³-hybridized carbons (Fsp3) is 0.561. The van der Waals surface area contributed by atoms with Gasteiger partial charge in [0.05, 0.1) is 48.4 Å². The first-order valence-corrected chi connectivity index (χ1v) is 20.0. The van der Waals surface area contributed by atoms with Crippen LogP contribution in [0.3, 0.4) is 0 Å². The number of amides is 3. The van der Waals surface area contributed by atoms with Crippen LogP contribution >= 0.6 is 0 Å². The highest BCUT2D eigenvalue weighted by Crippen LogP contribution is 2.38. The van der Waals surface area contributed by atoms with E-state index in [-0.39, 0.29) is 63.2 Å². The van der Waals surface area contributed by atoms with Gasteiger partial charge in [0.15, 0.2) is 5.82 Å². The lowest BCUT2D eigenvalue weighted by molar-refractivity contribution is -0.137. The summed E-state index contributed by atoms with van der Waals surface area (Å²) < 4.78 is 62.0. The smallest absolute Gasteiger partial charge is 0.245 e. The summed E-state index contributed by atoms with van der Waals surface area (Å²) in [5.74, 6) is -1.35. The van der Waals surface area contributed by atoms with E-state index in [4.69, 9.17) is 4.98 Å². The van der Waals surface area contributed by atoms with Gasteiger partial charge in [-0.15, -0.1) is 0 Å². The highest BCUT2D eigenvalue weighted by atomic mass is 19.1. The van der Waals surface area contributed by atoms with Gasteiger partial charge in [-0.25, -0.2) is 22.5 Å². The fourth-order valence-electron chi connectivity index (χ4n) is 9.33. The molecule has 1 saturated carbocycles. The molecule has 6 atom stereocenters. The number of hydrogen-bond donors (Lipinski definition) is 4. The monoisotopic (exact) mass is 780 g/mol. The number of halogens is 4. The number of aromatic amines is 1. The molecule has 15 heteroatoms. The quantitative estimate of drug-likeness (QED) is 0.139. The number of likely N-dealkylation sites (tertiary alicyclic amines) is 2. The van der Waals surface area contributed by atoms with Gasteiger partial charge in [-0.05, 0) is 81.6 Å². The van der Waals surface area contributed by atoms with Gasteiger partial charge < -0.3 is 35.3 Å². The lowest BCUT2D eigenvalue weighted by atomic mass is 9.83. The van der Waals surface area contributed by atoms with E-state index < -0.39 is 54.1 Å². The van der Waals surface area contributed by atoms with Crippen LogP contribution in [0, 0.1) is 17.6 Å². The average molecular weight is 781 g/mol. The van der Waals surface area contributed by atoms with Crippen molar-refractivity contribution in [3.63, 3.8) is 0 Å². The Kier molecular flexibility index (Phi) is 12.0. The predicted molar refractivity (Wildman–Crippen MR) is 206 cm³/mol. The van der Waals surface area contributed by atoms with E-state index in [1.807, 2.05) is 4.57 Å². The molecule has 7 rings (SSSR count). The summed E-state index contributed by atoms with van der Waals surface area (Å²) in [5, 5.41) is 9.41. The SMILES string of the molecule is CCC(NC(=O)CNC)C(=O)N1CC(F)CC1Cn1c(-c2[nH]c3cc(F)ccc3c2CC2CC(F)CN2C(=O)C(NC)C2CCCCC2)nc2cc(F)ccc21. The summed E-state index contributed by atoms with van der Waals surface area (Å²) in [7, 11) is 3.40. The molecule has 6 unspecified atom stereocenters. The summed E-state index contributed by atoms with van der Waals surface area (Å²) in [5.41, 5.74) is 2.49. The van der Waals surface area contributed by atoms with Crippen LogP contribution in [0.4, 0.5) is 17.6 Å². The van der Waals surface area contributed by atoms with Crippen molar-refractivity contribution in [2.24, 2.45) is 5.92 Å². The van der Waals surface area contributed by atoms with Crippen molar-refractivity contribution in [2.75, 3.05) is 33.7 Å². The maximum Gasteiger partial charge on any atom is 0.245 e. The second-order valence-electron chi connectivity index (χ2n) is 15.7. The number of benzene rings is 2. The van der Waals surface area contributed by atoms with E-state index >= 15 is 8.78 Å². The van der Waals surface area contributed by atoms with Crippen LogP contribution in [-0.2, 0) is 27.3 Å². The molecule has 3 aliphatic rings. The minimum atomic E-state index is -1.31. The van der Waals surface area contributed by atoms with Gasteiger partial charge in [0, 0.05) is 42.4 Å². The Labute approximate surface area is 323 Å². The number of likely N-dealkylation sites (N-methyl/N-ethyl adjacent to an activating group) is 2. The third-order valence-electron chi connectivity index (χ3n) is 12.0. The van der Waals surface area contributed by atoms with Gasteiger partial charge in [0.1, 0.15) is 30.0 Å². The molecule has 4 aromatic rings. The Morgan fingerprint density at radius 3 is 2.29 bits per heavy atom. The molecule has 2 aromatic heterocycles. The number of H-pyrrole nitrogens is 1. The maximum absolute atomic E-state index is 15.4. The number of nitrogens with zero attached hydrogens (tertiary/aromatic N) is 4. The molecule has 0 spiro atoms. The summed E-state index contributed by atoms with van der Waals surface area (Å²) >= 11 is 0. The number of nitrogens with one attached hydrogen (secondary N) is 4. The van der Waals surface area contributed by atoms with Crippen LogP contribution in [0.5, 0.6) is 0 Å². The molecular weight excluding hydrogens is 728 g/mol. The molecule has 56 heavy (non-hydrogen) atoms. The molecule has 1 aliphatic carbocycles. The minimum absolute atomic E-state index is 0.0198. The molecule has 302 valence electrons. The molecule has 4 N–H and O–H groups in total. The van der Waals surface area contributed by atoms with Crippen LogP contribution in [-0.4, -0.2) is 112 Å². The van der Waals surface area contributed by atoms with Crippen molar-refractivity contribution in [1.29, 1.82) is 0 Å². The van der Waals surface area contributed by atoms with Crippen LogP contribution in [0.1, 0.15) is 63.9 Å². The zero-order valence-corrected chi connectivity index (χ0v) is 32.2. The molecule has 3 fully saturated rings. The lowest BCUT2D eigenvalue weighted by Crippen LogP contribution is -2.52. The highest BCUT2D eigenvalue weighted by molar-refractivity contribution is 5.92. The van der Waals surface area contributed by atoms with Crippen molar-refractivity contribution >= 4 is 39.7 Å². The Balaban J connectivity index is 1.27. The Hall–Kier alpha value is -4.50. The summed E-state index contributed by atoms with van der Waals surface area (Å²) in [4.78, 5) is 51.9. The summed E-state index contributed by atoms with van der Waals surface area (Å²) in [6, 6.07) is 6.11. The van der Waals surface area contributed by atoms with Gasteiger partial charge in [-0.1, -0.05) is 26.2 Å². The summed E-state index contributed by atoms with van der Waals surface area (Å²) in [6.45, 7) is 1.70. The number of carbonyl (C=O) groups is 3. The average Bonchev–Trinajstić information content (AvgIpc) is 3.93. The number of alkyl halides is 2. The van der Waals surface area contributed by atoms with Crippen molar-refractivity contribution in [2.45, 2.75) is 108 Å². The molecule has 0 radical (unpaired) electrons. The highest BCUT2D eigenvalue weighted by Gasteiger charge is 2.42. The number of imidazole rings is 1. The van der Waals surface area contributed by atoms with Gasteiger partial charge >= 0.3 is 0 Å². The second kappa shape index (κ2) is 16.9. The number of aromatic nitrogens is 3. The van der Waals surface area contributed by atoms with Crippen molar-refractivity contribution < 1.29 is 31.9 Å². The maximum atomic E-state index is 15.4. The first kappa shape index (κ1) is 39.7. The Morgan fingerprint density at radius 1 is 0.911 bits per heavy atom. The van der Waals surface area contributed by atoms with Gasteiger partial charge in [-0.2, -0.15) is 0 Å². The van der Waals surface area contributed by atoms with Crippen LogP contribution in [0.2, 0.25) is 0 Å². The third kappa shape index (κ3) is 8.02. The molecule has 4 heterocycles. The van der Waals surface area contributed by atoms with E-state index in [2.05, 4.69) is 20.9 Å². The molecule has 0 bridgehead atoms. The largest absolute Gasteiger partial charge is 0.352 e. The Bertz CT molecular complexity index is 2060. The van der Waals surface area contributed by atoms with E-state index in [0.717, 1.165) is 32.1 Å². The number of rotatable bonds is 13. The van der Waals surface area contributed by atoms with Crippen molar-refractivity contribution in [3.8, 4) is 11.5 Å². The van der Waals surface area contributed by atoms with Crippen molar-refractivity contribution in [1.82, 2.24) is 40.3 Å². The Morgan fingerprint density at radius 2 is 1.59 bits per heavy atom. The van der Waals surface area contributed by atoms with Crippen LogP contribution in [0.25, 0.3) is 33.5 Å². The zero-order chi connectivity index (χ0) is 39.7. The topological polar surface area (TPSA) is 127 Å². The van der Waals surface area contributed by atoms with Crippen molar-refractivity contribution in [3.05, 3.63) is 53.6 Å². The van der Waals surface area contributed by atoms with E-state index in [9.17, 15) is 23.2 Å². The van der Waals surface area contributed by atoms with E-state index in [1.165, 1.54) is 29.2 Å². The van der Waals surface area contributed by atoms with E-state index in [0.29, 0.717) is 45.4 Å². The lowest BCUT2D eigenvalue weighted by Gasteiger charge is -2.34. The molecule has 2 aromatic carbocycles. The summed E-state index contributed by atoms with van der Waals surface area (Å²) in [6.07, 6.45) is 3.26. The number of fused-ring (bicyclic) bond motifs is 2. The molecule has 2 aliphatic heterocycles. The fourth-order valence-corrected chi connectivity index (χ4v) is 9.33. The van der Waals surface area contributed by atoms with Gasteiger partial charge in [-0.3, -0.25) is 14.4 Å². The second-order valence-corrected chi connectivity index (χ2v) is 15.7. The standard InChI is InChI=1S/C41H52F4N8O3/c1-4-32(48-36(54)19-46-2)40(55)52-21-27(45)15-29(52)22-53-35-13-11-25(43)17-34(35)50-39(53)38-31(30-12-10-24(42)16-33(30)49-38)18-28-14-26(44)20-51(28)41(56)37(47-3)23-8-6-5-7-9-23/h10-13,16-17,23,26-29,32,37,46-47,49H,4-9,14-15,18-22H2,1-3H3,(H,48,54). The number of hydrogen-bond acceptors (Lipinski definition) is 6. The molecular formula is C41H52F4N8O3. The van der Waals surface area contributed by atoms with E-state index in [1.54, 1.807) is 38.1 Å².